The van der Waals surface area contributed by atoms with E-state index in [9.17, 15) is 9.59 Å². The summed E-state index contributed by atoms with van der Waals surface area (Å²) in [5.41, 5.74) is 1.14. The molecule has 2 heterocycles. The molecule has 0 unspecified atom stereocenters. The van der Waals surface area contributed by atoms with Crippen LogP contribution in [0.3, 0.4) is 0 Å². The third-order valence-electron chi connectivity index (χ3n) is 4.40. The molecule has 144 valence electrons. The van der Waals surface area contributed by atoms with Crippen LogP contribution in [0.25, 0.3) is 10.9 Å². The van der Waals surface area contributed by atoms with Crippen molar-refractivity contribution < 1.29 is 14.3 Å². The number of carbonyl (C=O) groups is 1. The van der Waals surface area contributed by atoms with Gasteiger partial charge >= 0.3 is 0 Å². The number of ether oxygens (including phenoxy) is 2. The van der Waals surface area contributed by atoms with E-state index in [-0.39, 0.29) is 24.6 Å². The standard InChI is InChI=1S/C20H18ClN3O4/c21-15-8-13(9-17-19(15)28-7-3-6-27-17)10-22-18(25)11-24-12-23-16-5-2-1-4-14(16)20(24)26/h1-2,4-5,8-9,12H,3,6-7,10-11H2,(H,22,25). The monoisotopic (exact) mass is 399 g/mol. The number of nitrogens with zero attached hydrogens (tertiary/aromatic N) is 2. The van der Waals surface area contributed by atoms with E-state index in [4.69, 9.17) is 21.1 Å². The lowest BCUT2D eigenvalue weighted by Gasteiger charge is -2.12. The Morgan fingerprint density at radius 2 is 2.04 bits per heavy atom. The fraction of sp³-hybridized carbons (Fsp3) is 0.250. The number of fused-ring (bicyclic) bond motifs is 2. The Labute approximate surface area is 165 Å². The molecule has 0 radical (unpaired) electrons. The van der Waals surface area contributed by atoms with E-state index in [2.05, 4.69) is 10.3 Å². The van der Waals surface area contributed by atoms with Crippen molar-refractivity contribution in [2.75, 3.05) is 13.2 Å². The number of hydrogen-bond acceptors (Lipinski definition) is 5. The summed E-state index contributed by atoms with van der Waals surface area (Å²) in [5.74, 6) is 0.801. The summed E-state index contributed by atoms with van der Waals surface area (Å²) in [6.45, 7) is 1.24. The molecule has 0 atom stereocenters. The highest BCUT2D eigenvalue weighted by Crippen LogP contribution is 2.37. The van der Waals surface area contributed by atoms with Crippen LogP contribution in [0.2, 0.25) is 5.02 Å². The van der Waals surface area contributed by atoms with Crippen molar-refractivity contribution in [1.29, 1.82) is 0 Å². The highest BCUT2D eigenvalue weighted by Gasteiger charge is 2.16. The second-order valence-corrected chi connectivity index (χ2v) is 6.83. The van der Waals surface area contributed by atoms with Crippen molar-refractivity contribution in [3.05, 3.63) is 63.7 Å². The van der Waals surface area contributed by atoms with Gasteiger partial charge in [0.05, 0.1) is 35.5 Å². The van der Waals surface area contributed by atoms with Crippen LogP contribution in [0, 0.1) is 0 Å². The minimum absolute atomic E-state index is 0.116. The Kier molecular flexibility index (Phi) is 5.16. The second-order valence-electron chi connectivity index (χ2n) is 6.43. The maximum absolute atomic E-state index is 12.5. The van der Waals surface area contributed by atoms with Gasteiger partial charge in [0.1, 0.15) is 6.54 Å². The summed E-state index contributed by atoms with van der Waals surface area (Å²) in [4.78, 5) is 29.0. The molecule has 0 spiro atoms. The maximum Gasteiger partial charge on any atom is 0.261 e. The van der Waals surface area contributed by atoms with Gasteiger partial charge in [-0.1, -0.05) is 23.7 Å². The first-order valence-electron chi connectivity index (χ1n) is 8.91. The van der Waals surface area contributed by atoms with Gasteiger partial charge < -0.3 is 14.8 Å². The number of para-hydroxylation sites is 1. The Bertz CT molecular complexity index is 1100. The van der Waals surface area contributed by atoms with Crippen LogP contribution < -0.4 is 20.3 Å². The van der Waals surface area contributed by atoms with Crippen molar-refractivity contribution in [1.82, 2.24) is 14.9 Å². The fourth-order valence-electron chi connectivity index (χ4n) is 3.02. The van der Waals surface area contributed by atoms with Gasteiger partial charge in [-0.15, -0.1) is 0 Å². The summed E-state index contributed by atoms with van der Waals surface area (Å²) in [6, 6.07) is 10.6. The predicted molar refractivity (Wildman–Crippen MR) is 105 cm³/mol. The van der Waals surface area contributed by atoms with Crippen LogP contribution in [0.1, 0.15) is 12.0 Å². The van der Waals surface area contributed by atoms with E-state index in [1.807, 2.05) is 6.07 Å². The molecule has 1 aliphatic rings. The molecular formula is C20H18ClN3O4. The first kappa shape index (κ1) is 18.3. The molecule has 1 amide bonds. The third-order valence-corrected chi connectivity index (χ3v) is 4.68. The number of halogens is 1. The molecule has 3 aromatic rings. The number of amides is 1. The average molecular weight is 400 g/mol. The number of aromatic nitrogens is 2. The smallest absolute Gasteiger partial charge is 0.261 e. The number of hydrogen-bond donors (Lipinski definition) is 1. The molecule has 0 fully saturated rings. The normalized spacial score (nSPS) is 13.2. The van der Waals surface area contributed by atoms with E-state index in [0.29, 0.717) is 40.6 Å². The zero-order chi connectivity index (χ0) is 19.5. The van der Waals surface area contributed by atoms with Gasteiger partial charge in [-0.3, -0.25) is 14.2 Å². The predicted octanol–water partition coefficient (Wildman–Crippen LogP) is 2.53. The van der Waals surface area contributed by atoms with E-state index >= 15 is 0 Å². The van der Waals surface area contributed by atoms with E-state index in [1.165, 1.54) is 10.9 Å². The molecule has 2 aromatic carbocycles. The molecule has 8 heteroatoms. The maximum atomic E-state index is 12.5. The van der Waals surface area contributed by atoms with Gasteiger partial charge in [0, 0.05) is 13.0 Å². The summed E-state index contributed by atoms with van der Waals surface area (Å²) in [6.07, 6.45) is 2.17. The van der Waals surface area contributed by atoms with Crippen molar-refractivity contribution in [3.63, 3.8) is 0 Å². The molecule has 1 aromatic heterocycles. The summed E-state index contributed by atoms with van der Waals surface area (Å²) in [7, 11) is 0. The van der Waals surface area contributed by atoms with Gasteiger partial charge in [0.15, 0.2) is 11.5 Å². The van der Waals surface area contributed by atoms with E-state index in [0.717, 1.165) is 12.0 Å². The van der Waals surface area contributed by atoms with Crippen LogP contribution in [0.4, 0.5) is 0 Å². The van der Waals surface area contributed by atoms with Gasteiger partial charge in [-0.25, -0.2) is 4.98 Å². The topological polar surface area (TPSA) is 82.5 Å². The first-order valence-corrected chi connectivity index (χ1v) is 9.28. The molecule has 1 N–H and O–H groups in total. The number of nitrogens with one attached hydrogen (secondary N) is 1. The molecule has 0 aliphatic carbocycles. The lowest BCUT2D eigenvalue weighted by molar-refractivity contribution is -0.121. The Balaban J connectivity index is 1.45. The lowest BCUT2D eigenvalue weighted by Crippen LogP contribution is -2.32. The zero-order valence-corrected chi connectivity index (χ0v) is 15.7. The minimum Gasteiger partial charge on any atom is -0.489 e. The Hall–Kier alpha value is -3.06. The van der Waals surface area contributed by atoms with Gasteiger partial charge in [0.25, 0.3) is 5.56 Å². The van der Waals surface area contributed by atoms with Crippen molar-refractivity contribution in [2.24, 2.45) is 0 Å². The van der Waals surface area contributed by atoms with E-state index < -0.39 is 0 Å². The summed E-state index contributed by atoms with van der Waals surface area (Å²) < 4.78 is 12.5. The molecule has 1 aliphatic heterocycles. The van der Waals surface area contributed by atoms with Crippen LogP contribution in [-0.2, 0) is 17.9 Å². The zero-order valence-electron chi connectivity index (χ0n) is 15.0. The molecular weight excluding hydrogens is 382 g/mol. The quantitative estimate of drug-likeness (QED) is 0.729. The average Bonchev–Trinajstić information content (AvgIpc) is 2.95. The van der Waals surface area contributed by atoms with Gasteiger partial charge in [-0.05, 0) is 29.8 Å². The van der Waals surface area contributed by atoms with Crippen LogP contribution in [0.15, 0.2) is 47.5 Å². The van der Waals surface area contributed by atoms with E-state index in [1.54, 1.807) is 30.3 Å². The van der Waals surface area contributed by atoms with Crippen molar-refractivity contribution in [2.45, 2.75) is 19.5 Å². The Morgan fingerprint density at radius 3 is 2.93 bits per heavy atom. The van der Waals surface area contributed by atoms with Gasteiger partial charge in [-0.2, -0.15) is 0 Å². The largest absolute Gasteiger partial charge is 0.489 e. The van der Waals surface area contributed by atoms with Crippen molar-refractivity contribution >= 4 is 28.4 Å². The Morgan fingerprint density at radius 1 is 1.21 bits per heavy atom. The number of rotatable bonds is 4. The minimum atomic E-state index is -0.303. The fourth-order valence-corrected chi connectivity index (χ4v) is 3.30. The SMILES string of the molecule is O=C(Cn1cnc2ccccc2c1=O)NCc1cc(Cl)c2c(c1)OCCCO2. The second kappa shape index (κ2) is 7.90. The van der Waals surface area contributed by atoms with Crippen LogP contribution in [-0.4, -0.2) is 28.7 Å². The van der Waals surface area contributed by atoms with Gasteiger partial charge in [0.2, 0.25) is 5.91 Å². The molecule has 7 nitrogen and oxygen atoms in total. The highest BCUT2D eigenvalue weighted by molar-refractivity contribution is 6.32. The summed E-state index contributed by atoms with van der Waals surface area (Å²) in [5, 5.41) is 3.71. The molecule has 0 bridgehead atoms. The highest BCUT2D eigenvalue weighted by atomic mass is 35.5. The van der Waals surface area contributed by atoms with Crippen LogP contribution >= 0.6 is 11.6 Å². The van der Waals surface area contributed by atoms with Crippen molar-refractivity contribution in [3.8, 4) is 11.5 Å². The first-order chi connectivity index (χ1) is 13.6. The third kappa shape index (κ3) is 3.80. The molecule has 0 saturated carbocycles. The van der Waals surface area contributed by atoms with Crippen LogP contribution in [0.5, 0.6) is 11.5 Å². The number of benzene rings is 2. The summed E-state index contributed by atoms with van der Waals surface area (Å²) >= 11 is 6.27. The lowest BCUT2D eigenvalue weighted by atomic mass is 10.2. The molecule has 0 saturated heterocycles. The number of carbonyl (C=O) groups excluding carboxylic acids is 1. The molecule has 28 heavy (non-hydrogen) atoms. The molecule has 4 rings (SSSR count).